The quantitative estimate of drug-likeness (QED) is 0.735. The van der Waals surface area contributed by atoms with Gasteiger partial charge in [-0.3, -0.25) is 9.89 Å². The fourth-order valence-electron chi connectivity index (χ4n) is 3.22. The number of anilines is 1. The number of amides is 1. The van der Waals surface area contributed by atoms with Crippen LogP contribution in [0.2, 0.25) is 0 Å². The summed E-state index contributed by atoms with van der Waals surface area (Å²) in [5.41, 5.74) is 6.32. The van der Waals surface area contributed by atoms with Crippen molar-refractivity contribution in [3.63, 3.8) is 0 Å². The van der Waals surface area contributed by atoms with E-state index in [1.807, 2.05) is 0 Å². The summed E-state index contributed by atoms with van der Waals surface area (Å²) in [7, 11) is 0. The molecule has 3 aromatic rings. The molecule has 0 atom stereocenters. The summed E-state index contributed by atoms with van der Waals surface area (Å²) < 4.78 is 0. The lowest BCUT2D eigenvalue weighted by Crippen LogP contribution is -2.26. The zero-order valence-corrected chi connectivity index (χ0v) is 13.0. The molecule has 2 aromatic carbocycles. The first-order valence-corrected chi connectivity index (χ1v) is 7.69. The molecule has 1 N–H and O–H groups in total. The molecule has 4 heteroatoms. The first-order valence-electron chi connectivity index (χ1n) is 7.69. The first-order chi connectivity index (χ1) is 11.2. The van der Waals surface area contributed by atoms with Crippen molar-refractivity contribution in [3.8, 4) is 11.3 Å². The van der Waals surface area contributed by atoms with Crippen molar-refractivity contribution in [2.45, 2.75) is 13.3 Å². The van der Waals surface area contributed by atoms with E-state index in [2.05, 4.69) is 60.1 Å². The smallest absolute Gasteiger partial charge is 0.250 e. The molecular formula is C19H17N3O. The van der Waals surface area contributed by atoms with Crippen LogP contribution in [0.15, 0.2) is 49.1 Å². The molecule has 1 aromatic heterocycles. The maximum Gasteiger partial charge on any atom is 0.250 e. The van der Waals surface area contributed by atoms with Gasteiger partial charge in [-0.25, -0.2) is 0 Å². The normalized spacial score (nSPS) is 13.3. The number of hydrogen-bond donors (Lipinski definition) is 1. The second-order valence-corrected chi connectivity index (χ2v) is 5.91. The van der Waals surface area contributed by atoms with Crippen molar-refractivity contribution in [1.29, 1.82) is 0 Å². The maximum atomic E-state index is 12.0. The van der Waals surface area contributed by atoms with Gasteiger partial charge in [0.2, 0.25) is 5.91 Å². The van der Waals surface area contributed by atoms with E-state index in [-0.39, 0.29) is 5.91 Å². The van der Waals surface area contributed by atoms with E-state index in [1.165, 1.54) is 17.2 Å². The number of fused-ring (bicyclic) bond motifs is 2. The average molecular weight is 303 g/mol. The highest BCUT2D eigenvalue weighted by Crippen LogP contribution is 2.34. The van der Waals surface area contributed by atoms with Crippen LogP contribution < -0.4 is 4.90 Å². The molecule has 4 rings (SSSR count). The van der Waals surface area contributed by atoms with Gasteiger partial charge < -0.3 is 4.90 Å². The summed E-state index contributed by atoms with van der Waals surface area (Å²) in [5.74, 6) is -0.0524. The number of carbonyl (C=O) groups is 1. The number of carbonyl (C=O) groups excluding carboxylic acids is 1. The zero-order valence-electron chi connectivity index (χ0n) is 13.0. The van der Waals surface area contributed by atoms with Crippen LogP contribution in [0.4, 0.5) is 5.69 Å². The van der Waals surface area contributed by atoms with Gasteiger partial charge in [-0.2, -0.15) is 5.10 Å². The Hall–Kier alpha value is -2.88. The Morgan fingerprint density at radius 1 is 1.30 bits per heavy atom. The fraction of sp³-hybridized carbons (Fsp3) is 0.158. The second-order valence-electron chi connectivity index (χ2n) is 5.91. The largest absolute Gasteiger partial charge is 0.308 e. The average Bonchev–Trinajstić information content (AvgIpc) is 3.16. The molecule has 1 amide bonds. The van der Waals surface area contributed by atoms with Crippen LogP contribution in [0.3, 0.4) is 0 Å². The molecule has 0 spiro atoms. The summed E-state index contributed by atoms with van der Waals surface area (Å²) in [6.45, 7) is 6.37. The van der Waals surface area contributed by atoms with Crippen LogP contribution in [0.25, 0.3) is 22.2 Å². The summed E-state index contributed by atoms with van der Waals surface area (Å²) in [5, 5.41) is 8.66. The topological polar surface area (TPSA) is 49.0 Å². The molecule has 0 saturated heterocycles. The number of H-pyrrole nitrogens is 1. The number of aryl methyl sites for hydroxylation is 1. The van der Waals surface area contributed by atoms with Gasteiger partial charge in [-0.1, -0.05) is 30.8 Å². The highest BCUT2D eigenvalue weighted by Gasteiger charge is 2.23. The van der Waals surface area contributed by atoms with Crippen molar-refractivity contribution in [2.24, 2.45) is 0 Å². The van der Waals surface area contributed by atoms with Crippen LogP contribution in [-0.4, -0.2) is 22.6 Å². The monoisotopic (exact) mass is 303 g/mol. The second kappa shape index (κ2) is 5.09. The number of hydrogen-bond acceptors (Lipinski definition) is 2. The van der Waals surface area contributed by atoms with Crippen LogP contribution >= 0.6 is 0 Å². The fourth-order valence-corrected chi connectivity index (χ4v) is 3.22. The highest BCUT2D eigenvalue weighted by atomic mass is 16.2. The van der Waals surface area contributed by atoms with Gasteiger partial charge in [0, 0.05) is 23.2 Å². The lowest BCUT2D eigenvalue weighted by atomic mass is 10.0. The number of aromatic nitrogens is 2. The zero-order chi connectivity index (χ0) is 16.0. The van der Waals surface area contributed by atoms with Gasteiger partial charge in [0.05, 0.1) is 11.2 Å². The summed E-state index contributed by atoms with van der Waals surface area (Å²) in [6, 6.07) is 12.5. The SMILES string of the molecule is C=CC(=O)N1CCc2ccc(-c3n[nH]c4cc(C)ccc34)cc21. The van der Waals surface area contributed by atoms with Crippen molar-refractivity contribution in [1.82, 2.24) is 10.2 Å². The van der Waals surface area contributed by atoms with E-state index in [0.717, 1.165) is 34.3 Å². The molecule has 23 heavy (non-hydrogen) atoms. The Bertz CT molecular complexity index is 939. The van der Waals surface area contributed by atoms with Gasteiger partial charge >= 0.3 is 0 Å². The maximum absolute atomic E-state index is 12.0. The van der Waals surface area contributed by atoms with E-state index in [9.17, 15) is 4.79 Å². The van der Waals surface area contributed by atoms with E-state index in [0.29, 0.717) is 6.54 Å². The lowest BCUT2D eigenvalue weighted by molar-refractivity contribution is -0.114. The van der Waals surface area contributed by atoms with Crippen molar-refractivity contribution in [2.75, 3.05) is 11.4 Å². The third-order valence-corrected chi connectivity index (χ3v) is 4.41. The number of nitrogens with one attached hydrogen (secondary N) is 1. The van der Waals surface area contributed by atoms with Crippen LogP contribution in [-0.2, 0) is 11.2 Å². The molecular weight excluding hydrogens is 286 g/mol. The van der Waals surface area contributed by atoms with Gasteiger partial charge in [-0.15, -0.1) is 0 Å². The van der Waals surface area contributed by atoms with Crippen molar-refractivity contribution < 1.29 is 4.79 Å². The third kappa shape index (κ3) is 2.14. The van der Waals surface area contributed by atoms with Crippen molar-refractivity contribution in [3.05, 3.63) is 60.2 Å². The minimum Gasteiger partial charge on any atom is -0.308 e. The summed E-state index contributed by atoms with van der Waals surface area (Å²) in [6.07, 6.45) is 2.25. The molecule has 0 saturated carbocycles. The Kier molecular flexibility index (Phi) is 3.05. The molecule has 0 radical (unpaired) electrons. The molecule has 1 aliphatic rings. The lowest BCUT2D eigenvalue weighted by Gasteiger charge is -2.15. The van der Waals surface area contributed by atoms with E-state index < -0.39 is 0 Å². The Balaban J connectivity index is 1.84. The number of nitrogens with zero attached hydrogens (tertiary/aromatic N) is 2. The predicted molar refractivity (Wildman–Crippen MR) is 92.5 cm³/mol. The Labute approximate surface area is 134 Å². The van der Waals surface area contributed by atoms with Gasteiger partial charge in [0.15, 0.2) is 0 Å². The summed E-state index contributed by atoms with van der Waals surface area (Å²) >= 11 is 0. The van der Waals surface area contributed by atoms with E-state index >= 15 is 0 Å². The van der Waals surface area contributed by atoms with Crippen LogP contribution in [0.1, 0.15) is 11.1 Å². The molecule has 1 aliphatic heterocycles. The Morgan fingerprint density at radius 3 is 3.00 bits per heavy atom. The molecule has 114 valence electrons. The third-order valence-electron chi connectivity index (χ3n) is 4.41. The molecule has 0 fully saturated rings. The molecule has 0 unspecified atom stereocenters. The minimum absolute atomic E-state index is 0.0524. The predicted octanol–water partition coefficient (Wildman–Crippen LogP) is 3.61. The molecule has 0 aliphatic carbocycles. The van der Waals surface area contributed by atoms with E-state index in [1.54, 1.807) is 4.90 Å². The Morgan fingerprint density at radius 2 is 2.17 bits per heavy atom. The van der Waals surface area contributed by atoms with Crippen LogP contribution in [0.5, 0.6) is 0 Å². The first kappa shape index (κ1) is 13.8. The number of rotatable bonds is 2. The number of benzene rings is 2. The van der Waals surface area contributed by atoms with E-state index in [4.69, 9.17) is 0 Å². The molecule has 2 heterocycles. The minimum atomic E-state index is -0.0524. The van der Waals surface area contributed by atoms with Gasteiger partial charge in [0.25, 0.3) is 0 Å². The summed E-state index contributed by atoms with van der Waals surface area (Å²) in [4.78, 5) is 13.8. The molecule has 0 bridgehead atoms. The van der Waals surface area contributed by atoms with Crippen LogP contribution in [0, 0.1) is 6.92 Å². The molecule has 4 nitrogen and oxygen atoms in total. The van der Waals surface area contributed by atoms with Gasteiger partial charge in [-0.05, 0) is 42.7 Å². The highest BCUT2D eigenvalue weighted by molar-refractivity contribution is 6.03. The number of aromatic amines is 1. The van der Waals surface area contributed by atoms with Gasteiger partial charge in [0.1, 0.15) is 0 Å². The standard InChI is InChI=1S/C19H17N3O/c1-3-18(23)22-9-8-13-5-6-14(11-17(13)22)19-15-7-4-12(2)10-16(15)20-21-19/h3-7,10-11H,1,8-9H2,2H3,(H,20,21). The van der Waals surface area contributed by atoms with Crippen molar-refractivity contribution >= 4 is 22.5 Å².